The third-order valence-corrected chi connectivity index (χ3v) is 1.88. The van der Waals surface area contributed by atoms with Crippen LogP contribution in [0.1, 0.15) is 5.82 Å². The van der Waals surface area contributed by atoms with Gasteiger partial charge in [0.05, 0.1) is 0 Å². The number of nitro groups is 1. The second-order valence-electron chi connectivity index (χ2n) is 2.26. The van der Waals surface area contributed by atoms with Gasteiger partial charge >= 0.3 is 5.82 Å². The van der Waals surface area contributed by atoms with Crippen molar-refractivity contribution in [1.29, 1.82) is 0 Å². The highest BCUT2D eigenvalue weighted by Gasteiger charge is 2.15. The molecule has 0 aromatic carbocycles. The van der Waals surface area contributed by atoms with Gasteiger partial charge in [-0.15, -0.1) is 0 Å². The first-order chi connectivity index (χ1) is 5.66. The fraction of sp³-hybridized carbons (Fsp3) is 0.500. The van der Waals surface area contributed by atoms with Gasteiger partial charge in [0.25, 0.3) is 0 Å². The molecule has 0 N–H and O–H groups in total. The summed E-state index contributed by atoms with van der Waals surface area (Å²) in [7, 11) is 0. The number of hydrogen-bond donors (Lipinski definition) is 0. The van der Waals surface area contributed by atoms with Gasteiger partial charge in [-0.1, -0.05) is 15.9 Å². The molecule has 0 aliphatic rings. The van der Waals surface area contributed by atoms with E-state index in [0.717, 1.165) is 0 Å². The topological polar surface area (TPSA) is 61.0 Å². The maximum absolute atomic E-state index is 10.4. The van der Waals surface area contributed by atoms with E-state index in [9.17, 15) is 10.1 Å². The van der Waals surface area contributed by atoms with E-state index in [1.54, 1.807) is 11.5 Å². The monoisotopic (exact) mass is 233 g/mol. The Bertz CT molecular complexity index is 297. The average molecular weight is 234 g/mol. The van der Waals surface area contributed by atoms with E-state index in [-0.39, 0.29) is 5.82 Å². The molecule has 12 heavy (non-hydrogen) atoms. The highest BCUT2D eigenvalue weighted by molar-refractivity contribution is 9.09. The number of hydrogen-bond acceptors (Lipinski definition) is 3. The van der Waals surface area contributed by atoms with Crippen molar-refractivity contribution in [1.82, 2.24) is 9.55 Å². The van der Waals surface area contributed by atoms with E-state index < -0.39 is 4.92 Å². The Morgan fingerprint density at radius 1 is 1.83 bits per heavy atom. The first kappa shape index (κ1) is 9.18. The van der Waals surface area contributed by atoms with Crippen molar-refractivity contribution in [3.05, 3.63) is 22.1 Å². The summed E-state index contributed by atoms with van der Waals surface area (Å²) in [4.78, 5) is 13.9. The molecule has 0 saturated heterocycles. The molecular weight excluding hydrogens is 226 g/mol. The van der Waals surface area contributed by atoms with Gasteiger partial charge in [-0.2, -0.15) is 0 Å². The summed E-state index contributed by atoms with van der Waals surface area (Å²) in [6, 6.07) is 0. The number of alkyl halides is 1. The lowest BCUT2D eigenvalue weighted by atomic mass is 10.6. The molecule has 1 aromatic heterocycles. The van der Waals surface area contributed by atoms with Gasteiger partial charge in [-0.3, -0.25) is 0 Å². The Kier molecular flexibility index (Phi) is 2.80. The summed E-state index contributed by atoms with van der Waals surface area (Å²) in [6.07, 6.45) is 1.28. The quantitative estimate of drug-likeness (QED) is 0.452. The maximum Gasteiger partial charge on any atom is 0.342 e. The van der Waals surface area contributed by atoms with Crippen molar-refractivity contribution in [2.24, 2.45) is 0 Å². The number of halogens is 1. The van der Waals surface area contributed by atoms with Gasteiger partial charge in [0.15, 0.2) is 5.82 Å². The molecule has 0 radical (unpaired) electrons. The third kappa shape index (κ3) is 1.63. The number of aryl methyl sites for hydroxylation is 1. The van der Waals surface area contributed by atoms with E-state index in [1.807, 2.05) is 0 Å². The lowest BCUT2D eigenvalue weighted by Crippen LogP contribution is -2.05. The van der Waals surface area contributed by atoms with Gasteiger partial charge in [0.1, 0.15) is 12.7 Å². The second kappa shape index (κ2) is 3.66. The number of nitrogens with zero attached hydrogens (tertiary/aromatic N) is 3. The van der Waals surface area contributed by atoms with Gasteiger partial charge in [0.2, 0.25) is 0 Å². The summed E-state index contributed by atoms with van der Waals surface area (Å²) in [5.41, 5.74) is 0. The molecule has 5 nitrogen and oxygen atoms in total. The van der Waals surface area contributed by atoms with Crippen molar-refractivity contribution in [3.63, 3.8) is 0 Å². The zero-order valence-electron chi connectivity index (χ0n) is 6.53. The van der Waals surface area contributed by atoms with Crippen LogP contribution in [0.3, 0.4) is 0 Å². The van der Waals surface area contributed by atoms with E-state index in [4.69, 9.17) is 0 Å². The molecule has 0 atom stereocenters. The molecule has 0 bridgehead atoms. The van der Waals surface area contributed by atoms with Crippen LogP contribution in [-0.2, 0) is 6.54 Å². The standard InChI is InChI=1S/C6H8BrN3O2/c1-5-8-4-6(10(11)12)9(5)3-2-7/h4H,2-3H2,1H3. The molecule has 1 aromatic rings. The van der Waals surface area contributed by atoms with Gasteiger partial charge in [-0.05, 0) is 4.92 Å². The first-order valence-corrected chi connectivity index (χ1v) is 4.51. The molecule has 0 amide bonds. The fourth-order valence-electron chi connectivity index (χ4n) is 0.963. The average Bonchev–Trinajstić information content (AvgIpc) is 2.34. The van der Waals surface area contributed by atoms with Crippen molar-refractivity contribution >= 4 is 21.7 Å². The zero-order chi connectivity index (χ0) is 9.14. The maximum atomic E-state index is 10.4. The minimum atomic E-state index is -0.428. The highest BCUT2D eigenvalue weighted by Crippen LogP contribution is 2.13. The summed E-state index contributed by atoms with van der Waals surface area (Å²) >= 11 is 3.22. The molecule has 0 saturated carbocycles. The Morgan fingerprint density at radius 2 is 2.50 bits per heavy atom. The van der Waals surface area contributed by atoms with Gasteiger partial charge < -0.3 is 10.1 Å². The van der Waals surface area contributed by atoms with Crippen LogP contribution in [0.15, 0.2) is 6.20 Å². The smallest absolute Gasteiger partial charge is 0.342 e. The molecule has 6 heteroatoms. The predicted molar refractivity (Wildman–Crippen MR) is 47.4 cm³/mol. The van der Waals surface area contributed by atoms with Crippen molar-refractivity contribution < 1.29 is 4.92 Å². The predicted octanol–water partition coefficient (Wildman–Crippen LogP) is 1.49. The zero-order valence-corrected chi connectivity index (χ0v) is 8.11. The lowest BCUT2D eigenvalue weighted by molar-refractivity contribution is -0.392. The van der Waals surface area contributed by atoms with E-state index >= 15 is 0 Å². The third-order valence-electron chi connectivity index (χ3n) is 1.53. The number of rotatable bonds is 3. The van der Waals surface area contributed by atoms with Crippen LogP contribution in [0.2, 0.25) is 0 Å². The van der Waals surface area contributed by atoms with E-state index in [1.165, 1.54) is 6.20 Å². The van der Waals surface area contributed by atoms with Gasteiger partial charge in [-0.25, -0.2) is 9.55 Å². The lowest BCUT2D eigenvalue weighted by Gasteiger charge is -1.98. The fourth-order valence-corrected chi connectivity index (χ4v) is 1.32. The van der Waals surface area contributed by atoms with Crippen molar-refractivity contribution in [3.8, 4) is 0 Å². The minimum absolute atomic E-state index is 0.0481. The first-order valence-electron chi connectivity index (χ1n) is 3.39. The van der Waals surface area contributed by atoms with Crippen LogP contribution in [0, 0.1) is 17.0 Å². The molecule has 0 fully saturated rings. The SMILES string of the molecule is Cc1ncc([N+](=O)[O-])n1CCBr. The second-order valence-corrected chi connectivity index (χ2v) is 3.05. The molecule has 0 spiro atoms. The van der Waals surface area contributed by atoms with Gasteiger partial charge in [0, 0.05) is 12.3 Å². The summed E-state index contributed by atoms with van der Waals surface area (Å²) < 4.78 is 1.56. The number of aromatic nitrogens is 2. The normalized spacial score (nSPS) is 10.2. The molecule has 0 unspecified atom stereocenters. The van der Waals surface area contributed by atoms with Crippen LogP contribution in [0.4, 0.5) is 5.82 Å². The van der Waals surface area contributed by atoms with Crippen molar-refractivity contribution in [2.45, 2.75) is 13.5 Å². The van der Waals surface area contributed by atoms with E-state index in [0.29, 0.717) is 17.7 Å². The van der Waals surface area contributed by atoms with E-state index in [2.05, 4.69) is 20.9 Å². The Labute approximate surface area is 77.7 Å². The van der Waals surface area contributed by atoms with Crippen molar-refractivity contribution in [2.75, 3.05) is 5.33 Å². The van der Waals surface area contributed by atoms with Crippen LogP contribution in [-0.4, -0.2) is 19.8 Å². The Balaban J connectivity index is 3.03. The van der Waals surface area contributed by atoms with Crippen LogP contribution >= 0.6 is 15.9 Å². The Hall–Kier alpha value is -0.910. The molecular formula is C6H8BrN3O2. The molecule has 1 rings (SSSR count). The highest BCUT2D eigenvalue weighted by atomic mass is 79.9. The molecule has 0 aliphatic heterocycles. The molecule has 1 heterocycles. The largest absolute Gasteiger partial charge is 0.358 e. The van der Waals surface area contributed by atoms with Crippen LogP contribution in [0.5, 0.6) is 0 Å². The summed E-state index contributed by atoms with van der Waals surface area (Å²) in [5.74, 6) is 0.716. The van der Waals surface area contributed by atoms with Crippen LogP contribution < -0.4 is 0 Å². The summed E-state index contributed by atoms with van der Waals surface area (Å²) in [6.45, 7) is 2.32. The molecule has 66 valence electrons. The Morgan fingerprint density at radius 3 is 3.00 bits per heavy atom. The number of imidazole rings is 1. The summed E-state index contributed by atoms with van der Waals surface area (Å²) in [5, 5.41) is 11.1. The minimum Gasteiger partial charge on any atom is -0.358 e. The molecule has 0 aliphatic carbocycles. The van der Waals surface area contributed by atoms with Crippen LogP contribution in [0.25, 0.3) is 0 Å².